The van der Waals surface area contributed by atoms with Gasteiger partial charge in [-0.25, -0.2) is 0 Å². The Morgan fingerprint density at radius 1 is 1.29 bits per heavy atom. The zero-order valence-electron chi connectivity index (χ0n) is 10.1. The second-order valence-electron chi connectivity index (χ2n) is 3.82. The number of hydrogen-bond acceptors (Lipinski definition) is 4. The van der Waals surface area contributed by atoms with E-state index in [0.717, 1.165) is 17.4 Å². The van der Waals surface area contributed by atoms with Crippen LogP contribution in [0, 0.1) is 0 Å². The third-order valence-corrected chi connectivity index (χ3v) is 4.24. The van der Waals surface area contributed by atoms with E-state index in [1.807, 2.05) is 24.3 Å². The molecule has 0 aliphatic carbocycles. The first-order valence-corrected chi connectivity index (χ1v) is 6.89. The van der Waals surface area contributed by atoms with Gasteiger partial charge in [-0.05, 0) is 5.56 Å². The molecule has 0 aromatic heterocycles. The van der Waals surface area contributed by atoms with Gasteiger partial charge < -0.3 is 18.3 Å². The van der Waals surface area contributed by atoms with Gasteiger partial charge in [0.05, 0.1) is 19.8 Å². The summed E-state index contributed by atoms with van der Waals surface area (Å²) in [6.45, 7) is 2.07. The largest absolute Gasteiger partial charge is 0.423 e. The quantitative estimate of drug-likeness (QED) is 0.527. The highest BCUT2D eigenvalue weighted by Gasteiger charge is 2.23. The standard InChI is InChI=1S/C12H17O4Si/c1-13-17(14-2)12-6-4-3-5-10(12)7-15-8-11-9-16-11/h3-6,11H,7-9H2,1-2H3. The lowest BCUT2D eigenvalue weighted by Gasteiger charge is -2.14. The minimum Gasteiger partial charge on any atom is -0.393 e. The van der Waals surface area contributed by atoms with Crippen molar-refractivity contribution in [3.63, 3.8) is 0 Å². The smallest absolute Gasteiger partial charge is 0.393 e. The molecular weight excluding hydrogens is 236 g/mol. The Hall–Kier alpha value is -0.723. The van der Waals surface area contributed by atoms with Crippen molar-refractivity contribution in [1.29, 1.82) is 0 Å². The molecule has 1 fully saturated rings. The first-order valence-electron chi connectivity index (χ1n) is 5.57. The van der Waals surface area contributed by atoms with Gasteiger partial charge in [0, 0.05) is 19.4 Å². The summed E-state index contributed by atoms with van der Waals surface area (Å²) in [5.74, 6) is 0. The van der Waals surface area contributed by atoms with Crippen molar-refractivity contribution in [2.45, 2.75) is 12.7 Å². The van der Waals surface area contributed by atoms with E-state index in [2.05, 4.69) is 0 Å². The highest BCUT2D eigenvalue weighted by atomic mass is 28.3. The van der Waals surface area contributed by atoms with E-state index in [0.29, 0.717) is 19.3 Å². The van der Waals surface area contributed by atoms with Crippen LogP contribution < -0.4 is 5.19 Å². The number of rotatable bonds is 7. The summed E-state index contributed by atoms with van der Waals surface area (Å²) in [4.78, 5) is 0. The third-order valence-electron chi connectivity index (χ3n) is 2.57. The maximum absolute atomic E-state index is 5.60. The molecule has 0 amide bonds. The molecule has 1 heterocycles. The summed E-state index contributed by atoms with van der Waals surface area (Å²) in [7, 11) is 1.97. The van der Waals surface area contributed by atoms with Crippen molar-refractivity contribution in [2.24, 2.45) is 0 Å². The maximum atomic E-state index is 5.60. The molecule has 1 aliphatic heterocycles. The molecule has 0 N–H and O–H groups in total. The maximum Gasteiger partial charge on any atom is 0.423 e. The SMILES string of the molecule is CO[Si](OC)c1ccccc1COCC1CO1. The van der Waals surface area contributed by atoms with Crippen LogP contribution in [-0.2, 0) is 24.9 Å². The van der Waals surface area contributed by atoms with E-state index >= 15 is 0 Å². The lowest BCUT2D eigenvalue weighted by atomic mass is 10.2. The van der Waals surface area contributed by atoms with E-state index in [4.69, 9.17) is 18.3 Å². The van der Waals surface area contributed by atoms with Gasteiger partial charge in [-0.1, -0.05) is 24.3 Å². The van der Waals surface area contributed by atoms with Crippen LogP contribution in [0.5, 0.6) is 0 Å². The molecule has 1 atom stereocenters. The number of hydrogen-bond donors (Lipinski definition) is 0. The van der Waals surface area contributed by atoms with E-state index < -0.39 is 9.28 Å². The summed E-state index contributed by atoms with van der Waals surface area (Å²) < 4.78 is 21.4. The highest BCUT2D eigenvalue weighted by Crippen LogP contribution is 2.10. The summed E-state index contributed by atoms with van der Waals surface area (Å²) >= 11 is 0. The molecule has 1 saturated heterocycles. The van der Waals surface area contributed by atoms with Gasteiger partial charge in [0.15, 0.2) is 0 Å². The van der Waals surface area contributed by atoms with Gasteiger partial charge in [-0.3, -0.25) is 0 Å². The Kier molecular flexibility index (Phi) is 4.70. The van der Waals surface area contributed by atoms with Crippen LogP contribution in [-0.4, -0.2) is 42.8 Å². The van der Waals surface area contributed by atoms with Gasteiger partial charge >= 0.3 is 9.28 Å². The fourth-order valence-corrected chi connectivity index (χ4v) is 2.87. The molecular formula is C12H17O4Si. The lowest BCUT2D eigenvalue weighted by Crippen LogP contribution is -2.37. The summed E-state index contributed by atoms with van der Waals surface area (Å²) in [5, 5.41) is 1.11. The molecule has 1 radical (unpaired) electrons. The molecule has 1 unspecified atom stereocenters. The zero-order valence-corrected chi connectivity index (χ0v) is 11.1. The number of epoxide rings is 1. The normalized spacial score (nSPS) is 18.6. The minimum atomic E-state index is -1.38. The Bertz CT molecular complexity index is 350. The Morgan fingerprint density at radius 3 is 2.65 bits per heavy atom. The predicted molar refractivity (Wildman–Crippen MR) is 65.2 cm³/mol. The van der Waals surface area contributed by atoms with Gasteiger partial charge in [0.1, 0.15) is 6.10 Å². The summed E-state index contributed by atoms with van der Waals surface area (Å²) in [5.41, 5.74) is 1.13. The fraction of sp³-hybridized carbons (Fsp3) is 0.500. The molecule has 1 aromatic rings. The van der Waals surface area contributed by atoms with Crippen LogP contribution in [0.2, 0.25) is 0 Å². The van der Waals surface area contributed by atoms with Crippen LogP contribution >= 0.6 is 0 Å². The van der Waals surface area contributed by atoms with Crippen molar-refractivity contribution < 1.29 is 18.3 Å². The van der Waals surface area contributed by atoms with Crippen molar-refractivity contribution >= 4 is 14.5 Å². The van der Waals surface area contributed by atoms with E-state index in [9.17, 15) is 0 Å². The summed E-state index contributed by atoms with van der Waals surface area (Å²) in [6.07, 6.45) is 0.303. The average molecular weight is 253 g/mol. The average Bonchev–Trinajstić information content (AvgIpc) is 3.17. The van der Waals surface area contributed by atoms with Gasteiger partial charge in [-0.2, -0.15) is 0 Å². The topological polar surface area (TPSA) is 40.2 Å². The van der Waals surface area contributed by atoms with Crippen LogP contribution in [0.15, 0.2) is 24.3 Å². The van der Waals surface area contributed by atoms with Crippen molar-refractivity contribution in [3.8, 4) is 0 Å². The van der Waals surface area contributed by atoms with E-state index in [1.165, 1.54) is 0 Å². The Labute approximate surface area is 103 Å². The van der Waals surface area contributed by atoms with Crippen molar-refractivity contribution in [2.75, 3.05) is 27.4 Å². The zero-order chi connectivity index (χ0) is 12.1. The highest BCUT2D eigenvalue weighted by molar-refractivity contribution is 6.61. The lowest BCUT2D eigenvalue weighted by molar-refractivity contribution is 0.104. The molecule has 4 nitrogen and oxygen atoms in total. The third kappa shape index (κ3) is 3.62. The van der Waals surface area contributed by atoms with Crippen LogP contribution in [0.1, 0.15) is 5.56 Å². The van der Waals surface area contributed by atoms with Crippen molar-refractivity contribution in [3.05, 3.63) is 29.8 Å². The Morgan fingerprint density at radius 2 is 2.00 bits per heavy atom. The molecule has 1 aromatic carbocycles. The molecule has 0 saturated carbocycles. The number of benzene rings is 1. The summed E-state index contributed by atoms with van der Waals surface area (Å²) in [6, 6.07) is 8.07. The second kappa shape index (κ2) is 6.27. The molecule has 2 rings (SSSR count). The first kappa shape index (κ1) is 12.7. The van der Waals surface area contributed by atoms with E-state index in [1.54, 1.807) is 14.2 Å². The van der Waals surface area contributed by atoms with Crippen LogP contribution in [0.3, 0.4) is 0 Å². The first-order chi connectivity index (χ1) is 8.35. The van der Waals surface area contributed by atoms with Gasteiger partial charge in [0.25, 0.3) is 0 Å². The fourth-order valence-electron chi connectivity index (χ4n) is 1.61. The predicted octanol–water partition coefficient (Wildman–Crippen LogP) is 0.590. The van der Waals surface area contributed by atoms with Gasteiger partial charge in [-0.15, -0.1) is 0 Å². The molecule has 17 heavy (non-hydrogen) atoms. The Balaban J connectivity index is 1.97. The molecule has 0 bridgehead atoms. The second-order valence-corrected chi connectivity index (χ2v) is 5.75. The van der Waals surface area contributed by atoms with Crippen molar-refractivity contribution in [1.82, 2.24) is 0 Å². The molecule has 0 spiro atoms. The monoisotopic (exact) mass is 253 g/mol. The molecule has 93 valence electrons. The minimum absolute atomic E-state index is 0.303. The van der Waals surface area contributed by atoms with E-state index in [-0.39, 0.29) is 0 Å². The van der Waals surface area contributed by atoms with Crippen LogP contribution in [0.25, 0.3) is 0 Å². The number of ether oxygens (including phenoxy) is 2. The van der Waals surface area contributed by atoms with Crippen LogP contribution in [0.4, 0.5) is 0 Å². The molecule has 5 heteroatoms. The van der Waals surface area contributed by atoms with Gasteiger partial charge in [0.2, 0.25) is 0 Å². The molecule has 1 aliphatic rings.